The summed E-state index contributed by atoms with van der Waals surface area (Å²) >= 11 is 0. The first-order chi connectivity index (χ1) is 12.9. The molecule has 0 bridgehead atoms. The van der Waals surface area contributed by atoms with Crippen molar-refractivity contribution in [3.63, 3.8) is 0 Å². The SMILES string of the molecule is CCc1cccc(NS(=O)(=O)N2CCC(c3cccc(C(N)=O)c3)CC2)n1. The highest BCUT2D eigenvalue weighted by atomic mass is 32.2. The van der Waals surface area contributed by atoms with E-state index in [4.69, 9.17) is 5.73 Å². The van der Waals surface area contributed by atoms with E-state index >= 15 is 0 Å². The molecule has 1 fully saturated rings. The third kappa shape index (κ3) is 4.64. The Balaban J connectivity index is 1.65. The lowest BCUT2D eigenvalue weighted by Crippen LogP contribution is -2.41. The summed E-state index contributed by atoms with van der Waals surface area (Å²) in [6.45, 7) is 2.79. The van der Waals surface area contributed by atoms with E-state index in [1.54, 1.807) is 24.3 Å². The quantitative estimate of drug-likeness (QED) is 0.792. The lowest BCUT2D eigenvalue weighted by atomic mass is 9.89. The van der Waals surface area contributed by atoms with E-state index in [-0.39, 0.29) is 5.92 Å². The number of nitrogens with one attached hydrogen (secondary N) is 1. The molecule has 144 valence electrons. The normalized spacial score (nSPS) is 16.2. The number of nitrogens with two attached hydrogens (primary N) is 1. The number of carbonyl (C=O) groups excluding carboxylic acids is 1. The number of piperidine rings is 1. The monoisotopic (exact) mass is 388 g/mol. The number of amides is 1. The van der Waals surface area contributed by atoms with Crippen LogP contribution in [0.1, 0.15) is 47.3 Å². The van der Waals surface area contributed by atoms with Crippen LogP contribution in [0.25, 0.3) is 0 Å². The van der Waals surface area contributed by atoms with Crippen molar-refractivity contribution in [3.8, 4) is 0 Å². The van der Waals surface area contributed by atoms with Gasteiger partial charge in [-0.1, -0.05) is 25.1 Å². The number of anilines is 1. The van der Waals surface area contributed by atoms with Crippen molar-refractivity contribution in [3.05, 3.63) is 59.3 Å². The van der Waals surface area contributed by atoms with Crippen LogP contribution in [0.2, 0.25) is 0 Å². The Hall–Kier alpha value is -2.45. The number of hydrogen-bond acceptors (Lipinski definition) is 4. The molecule has 27 heavy (non-hydrogen) atoms. The molecule has 3 rings (SSSR count). The average Bonchev–Trinajstić information content (AvgIpc) is 2.68. The number of pyridine rings is 1. The summed E-state index contributed by atoms with van der Waals surface area (Å²) in [5.74, 6) is 0.0887. The molecule has 0 spiro atoms. The molecule has 0 radical (unpaired) electrons. The molecule has 1 amide bonds. The number of aryl methyl sites for hydroxylation is 1. The smallest absolute Gasteiger partial charge is 0.302 e. The zero-order chi connectivity index (χ0) is 19.4. The van der Waals surface area contributed by atoms with Crippen LogP contribution < -0.4 is 10.5 Å². The first-order valence-electron chi connectivity index (χ1n) is 9.02. The van der Waals surface area contributed by atoms with Gasteiger partial charge >= 0.3 is 10.2 Å². The van der Waals surface area contributed by atoms with Crippen molar-refractivity contribution in [2.75, 3.05) is 17.8 Å². The van der Waals surface area contributed by atoms with E-state index in [2.05, 4.69) is 9.71 Å². The molecule has 0 atom stereocenters. The van der Waals surface area contributed by atoms with Gasteiger partial charge in [0.2, 0.25) is 5.91 Å². The van der Waals surface area contributed by atoms with Gasteiger partial charge in [-0.3, -0.25) is 9.52 Å². The number of nitrogens with zero attached hydrogens (tertiary/aromatic N) is 2. The molecule has 0 unspecified atom stereocenters. The fraction of sp³-hybridized carbons (Fsp3) is 0.368. The van der Waals surface area contributed by atoms with Crippen molar-refractivity contribution < 1.29 is 13.2 Å². The second-order valence-corrected chi connectivity index (χ2v) is 8.31. The molecular weight excluding hydrogens is 364 g/mol. The Kier molecular flexibility index (Phi) is 5.76. The Morgan fingerprint density at radius 2 is 1.93 bits per heavy atom. The van der Waals surface area contributed by atoms with Crippen molar-refractivity contribution >= 4 is 21.9 Å². The van der Waals surface area contributed by atoms with Crippen molar-refractivity contribution in [2.45, 2.75) is 32.1 Å². The zero-order valence-electron chi connectivity index (χ0n) is 15.3. The number of aromatic nitrogens is 1. The van der Waals surface area contributed by atoms with E-state index in [0.29, 0.717) is 37.3 Å². The van der Waals surface area contributed by atoms with E-state index in [1.165, 1.54) is 4.31 Å². The third-order valence-electron chi connectivity index (χ3n) is 4.84. The molecular formula is C19H24N4O3S. The topological polar surface area (TPSA) is 105 Å². The number of rotatable bonds is 6. The maximum absolute atomic E-state index is 12.7. The van der Waals surface area contributed by atoms with Gasteiger partial charge in [0.25, 0.3) is 0 Å². The molecule has 2 aromatic rings. The van der Waals surface area contributed by atoms with Gasteiger partial charge in [0.15, 0.2) is 0 Å². The fourth-order valence-corrected chi connectivity index (χ4v) is 4.50. The predicted molar refractivity (Wildman–Crippen MR) is 105 cm³/mol. The molecule has 0 saturated carbocycles. The van der Waals surface area contributed by atoms with E-state index in [9.17, 15) is 13.2 Å². The van der Waals surface area contributed by atoms with Crippen molar-refractivity contribution in [1.29, 1.82) is 0 Å². The Bertz CT molecular complexity index is 922. The number of carbonyl (C=O) groups is 1. The molecule has 1 aliphatic rings. The number of benzene rings is 1. The molecule has 0 aliphatic carbocycles. The van der Waals surface area contributed by atoms with Crippen molar-refractivity contribution in [2.24, 2.45) is 5.73 Å². The Morgan fingerprint density at radius 1 is 1.22 bits per heavy atom. The van der Waals surface area contributed by atoms with Crippen LogP contribution in [0.5, 0.6) is 0 Å². The molecule has 8 heteroatoms. The van der Waals surface area contributed by atoms with Crippen molar-refractivity contribution in [1.82, 2.24) is 9.29 Å². The number of hydrogen-bond donors (Lipinski definition) is 2. The lowest BCUT2D eigenvalue weighted by molar-refractivity contribution is 0.1000. The Labute approximate surface area is 159 Å². The van der Waals surface area contributed by atoms with Gasteiger partial charge in [0, 0.05) is 24.3 Å². The van der Waals surface area contributed by atoms with Crippen LogP contribution >= 0.6 is 0 Å². The number of primary amides is 1. The second kappa shape index (κ2) is 8.06. The molecule has 1 saturated heterocycles. The second-order valence-electron chi connectivity index (χ2n) is 6.64. The zero-order valence-corrected chi connectivity index (χ0v) is 16.1. The molecule has 1 aromatic heterocycles. The standard InChI is InChI=1S/C19H24N4O3S/c1-2-17-7-4-8-18(21-17)22-27(25,26)23-11-9-14(10-12-23)15-5-3-6-16(13-15)19(20)24/h3-8,13-14H,2,9-12H2,1H3,(H2,20,24)(H,21,22). The van der Waals surface area contributed by atoms with E-state index in [1.807, 2.05) is 25.1 Å². The van der Waals surface area contributed by atoms with Gasteiger partial charge in [-0.25, -0.2) is 4.98 Å². The minimum atomic E-state index is -3.64. The molecule has 1 aromatic carbocycles. The first-order valence-corrected chi connectivity index (χ1v) is 10.5. The van der Waals surface area contributed by atoms with Gasteiger partial charge in [-0.05, 0) is 55.0 Å². The Morgan fingerprint density at radius 3 is 2.59 bits per heavy atom. The van der Waals surface area contributed by atoms with Gasteiger partial charge in [0.05, 0.1) is 0 Å². The largest absolute Gasteiger partial charge is 0.366 e. The van der Waals surface area contributed by atoms with Gasteiger partial charge in [0.1, 0.15) is 5.82 Å². The van der Waals surface area contributed by atoms with E-state index in [0.717, 1.165) is 17.7 Å². The van der Waals surface area contributed by atoms with Crippen LogP contribution in [0.15, 0.2) is 42.5 Å². The lowest BCUT2D eigenvalue weighted by Gasteiger charge is -2.31. The minimum absolute atomic E-state index is 0.206. The summed E-state index contributed by atoms with van der Waals surface area (Å²) in [7, 11) is -3.64. The fourth-order valence-electron chi connectivity index (χ4n) is 3.31. The van der Waals surface area contributed by atoms with Crippen LogP contribution in [-0.4, -0.2) is 36.7 Å². The molecule has 1 aliphatic heterocycles. The maximum atomic E-state index is 12.7. The predicted octanol–water partition coefficient (Wildman–Crippen LogP) is 2.28. The third-order valence-corrected chi connectivity index (χ3v) is 6.35. The van der Waals surface area contributed by atoms with Gasteiger partial charge in [-0.2, -0.15) is 12.7 Å². The van der Waals surface area contributed by atoms with Crippen LogP contribution in [0.4, 0.5) is 5.82 Å². The summed E-state index contributed by atoms with van der Waals surface area (Å²) in [6.07, 6.45) is 2.11. The summed E-state index contributed by atoms with van der Waals surface area (Å²) < 4.78 is 29.3. The molecule has 3 N–H and O–H groups in total. The van der Waals surface area contributed by atoms with Gasteiger partial charge in [-0.15, -0.1) is 0 Å². The highest BCUT2D eigenvalue weighted by molar-refractivity contribution is 7.90. The van der Waals surface area contributed by atoms with Gasteiger partial charge < -0.3 is 5.73 Å². The average molecular weight is 388 g/mol. The summed E-state index contributed by atoms with van der Waals surface area (Å²) in [4.78, 5) is 15.7. The highest BCUT2D eigenvalue weighted by Crippen LogP contribution is 2.29. The summed E-state index contributed by atoms with van der Waals surface area (Å²) in [6, 6.07) is 12.6. The highest BCUT2D eigenvalue weighted by Gasteiger charge is 2.29. The molecule has 7 nitrogen and oxygen atoms in total. The minimum Gasteiger partial charge on any atom is -0.366 e. The molecule has 2 heterocycles. The van der Waals surface area contributed by atoms with E-state index < -0.39 is 16.1 Å². The van der Waals surface area contributed by atoms with Crippen LogP contribution in [0, 0.1) is 0 Å². The summed E-state index contributed by atoms with van der Waals surface area (Å²) in [5.41, 5.74) is 7.68. The maximum Gasteiger partial charge on any atom is 0.302 e. The van der Waals surface area contributed by atoms with Crippen LogP contribution in [0.3, 0.4) is 0 Å². The van der Waals surface area contributed by atoms with Crippen LogP contribution in [-0.2, 0) is 16.6 Å². The first kappa shape index (κ1) is 19.3. The summed E-state index contributed by atoms with van der Waals surface area (Å²) in [5, 5.41) is 0.